The number of hydrogen-bond acceptors (Lipinski definition) is 4. The number of aromatic nitrogens is 3. The van der Waals surface area contributed by atoms with Gasteiger partial charge in [-0.3, -0.25) is 14.5 Å². The van der Waals surface area contributed by atoms with Crippen molar-refractivity contribution >= 4 is 28.4 Å². The van der Waals surface area contributed by atoms with Crippen LogP contribution in [0.5, 0.6) is 11.5 Å². The summed E-state index contributed by atoms with van der Waals surface area (Å²) in [7, 11) is 0. The Balaban J connectivity index is 1.45. The number of ether oxygens (including phenoxy) is 1. The van der Waals surface area contributed by atoms with Gasteiger partial charge in [-0.1, -0.05) is 30.3 Å². The second kappa shape index (κ2) is 8.71. The Morgan fingerprint density at radius 3 is 2.82 bits per heavy atom. The number of carbonyl (C=O) groups excluding carboxylic acids is 1. The maximum atomic E-state index is 12.0. The molecule has 1 aliphatic rings. The van der Waals surface area contributed by atoms with E-state index in [2.05, 4.69) is 11.6 Å². The van der Waals surface area contributed by atoms with Crippen LogP contribution in [0.4, 0.5) is 0 Å². The largest absolute Gasteiger partial charge is 0.456 e. The summed E-state index contributed by atoms with van der Waals surface area (Å²) in [5.74, 6) is 1.28. The van der Waals surface area contributed by atoms with E-state index in [0.717, 1.165) is 34.1 Å². The molecule has 0 aliphatic carbocycles. The molecular weight excluding hydrogens is 436 g/mol. The van der Waals surface area contributed by atoms with Crippen LogP contribution in [0.2, 0.25) is 5.02 Å². The molecule has 0 spiro atoms. The summed E-state index contributed by atoms with van der Waals surface area (Å²) in [6, 6.07) is 15.6. The fourth-order valence-electron chi connectivity index (χ4n) is 4.25. The van der Waals surface area contributed by atoms with E-state index < -0.39 is 0 Å². The molecule has 2 aromatic heterocycles. The number of carbonyl (C=O) groups is 1. The number of halogens is 1. The number of fused-ring (bicyclic) bond motifs is 1. The van der Waals surface area contributed by atoms with Gasteiger partial charge in [-0.05, 0) is 61.4 Å². The third kappa shape index (κ3) is 3.98. The quantitative estimate of drug-likeness (QED) is 0.354. The fraction of sp³-hybridized carbons (Fsp3) is 0.192. The molecule has 0 N–H and O–H groups in total. The number of amides is 1. The maximum absolute atomic E-state index is 12.0. The second-order valence-corrected chi connectivity index (χ2v) is 8.51. The minimum Gasteiger partial charge on any atom is -0.456 e. The van der Waals surface area contributed by atoms with Crippen molar-refractivity contribution < 1.29 is 9.53 Å². The van der Waals surface area contributed by atoms with Crippen molar-refractivity contribution in [3.63, 3.8) is 0 Å². The first kappa shape index (κ1) is 21.2. The monoisotopic (exact) mass is 458 g/mol. The van der Waals surface area contributed by atoms with Gasteiger partial charge in [-0.25, -0.2) is 0 Å². The molecule has 4 aromatic rings. The molecule has 1 aliphatic heterocycles. The Hall–Kier alpha value is -3.64. The number of pyridine rings is 1. The molecule has 1 fully saturated rings. The van der Waals surface area contributed by atoms with E-state index >= 15 is 0 Å². The summed E-state index contributed by atoms with van der Waals surface area (Å²) in [5.41, 5.74) is 3.79. The van der Waals surface area contributed by atoms with Gasteiger partial charge in [0.15, 0.2) is 0 Å². The van der Waals surface area contributed by atoms with Crippen molar-refractivity contribution in [3.05, 3.63) is 84.2 Å². The van der Waals surface area contributed by atoms with Gasteiger partial charge in [-0.15, -0.1) is 0 Å². The van der Waals surface area contributed by atoms with Crippen LogP contribution in [0.1, 0.15) is 18.0 Å². The molecule has 2 aromatic carbocycles. The van der Waals surface area contributed by atoms with E-state index in [1.165, 1.54) is 6.08 Å². The summed E-state index contributed by atoms with van der Waals surface area (Å²) >= 11 is 6.36. The van der Waals surface area contributed by atoms with Gasteiger partial charge in [0.05, 0.1) is 16.6 Å². The van der Waals surface area contributed by atoms with Crippen molar-refractivity contribution in [1.29, 1.82) is 0 Å². The van der Waals surface area contributed by atoms with Crippen molar-refractivity contribution in [3.8, 4) is 22.8 Å². The predicted molar refractivity (Wildman–Crippen MR) is 130 cm³/mol. The lowest BCUT2D eigenvalue weighted by molar-refractivity contribution is -0.125. The summed E-state index contributed by atoms with van der Waals surface area (Å²) in [4.78, 5) is 18.2. The van der Waals surface area contributed by atoms with E-state index in [1.807, 2.05) is 71.2 Å². The average Bonchev–Trinajstić information content (AvgIpc) is 3.47. The SMILES string of the molecule is C=CC(=O)N1CC[C@@H](n2nc(-c3ccc(Oc4cccc(C)c4Cl)cc3)c3cnccc32)C1. The maximum Gasteiger partial charge on any atom is 0.246 e. The van der Waals surface area contributed by atoms with Gasteiger partial charge in [0.25, 0.3) is 0 Å². The van der Waals surface area contributed by atoms with E-state index in [0.29, 0.717) is 29.6 Å². The Kier molecular flexibility index (Phi) is 5.60. The second-order valence-electron chi connectivity index (χ2n) is 8.13. The Morgan fingerprint density at radius 2 is 2.03 bits per heavy atom. The van der Waals surface area contributed by atoms with Gasteiger partial charge >= 0.3 is 0 Å². The number of hydrogen-bond donors (Lipinski definition) is 0. The highest BCUT2D eigenvalue weighted by Crippen LogP contribution is 2.35. The average molecular weight is 459 g/mol. The van der Waals surface area contributed by atoms with E-state index in [-0.39, 0.29) is 11.9 Å². The van der Waals surface area contributed by atoms with Crippen LogP contribution >= 0.6 is 11.6 Å². The molecule has 166 valence electrons. The summed E-state index contributed by atoms with van der Waals surface area (Å²) in [6.45, 7) is 6.87. The minimum absolute atomic E-state index is 0.0415. The molecular formula is C26H23ClN4O2. The zero-order valence-corrected chi connectivity index (χ0v) is 19.0. The predicted octanol–water partition coefficient (Wildman–Crippen LogP) is 5.81. The van der Waals surface area contributed by atoms with Crippen molar-refractivity contribution in [1.82, 2.24) is 19.7 Å². The normalized spacial score (nSPS) is 15.7. The molecule has 0 bridgehead atoms. The third-order valence-corrected chi connectivity index (χ3v) is 6.50. The molecule has 1 amide bonds. The number of rotatable bonds is 5. The van der Waals surface area contributed by atoms with Crippen molar-refractivity contribution in [2.24, 2.45) is 0 Å². The van der Waals surface area contributed by atoms with Gasteiger partial charge in [0.2, 0.25) is 5.91 Å². The Labute approximate surface area is 197 Å². The molecule has 7 heteroatoms. The first-order valence-corrected chi connectivity index (χ1v) is 11.2. The Bertz CT molecular complexity index is 1350. The zero-order valence-electron chi connectivity index (χ0n) is 18.2. The summed E-state index contributed by atoms with van der Waals surface area (Å²) in [5, 5.41) is 6.53. The topological polar surface area (TPSA) is 60.2 Å². The van der Waals surface area contributed by atoms with Crippen LogP contribution < -0.4 is 4.74 Å². The molecule has 1 saturated heterocycles. The first-order valence-electron chi connectivity index (χ1n) is 10.8. The van der Waals surface area contributed by atoms with Gasteiger partial charge in [0.1, 0.15) is 17.2 Å². The summed E-state index contributed by atoms with van der Waals surface area (Å²) in [6.07, 6.45) is 5.83. The minimum atomic E-state index is -0.0415. The van der Waals surface area contributed by atoms with Crippen molar-refractivity contribution in [2.45, 2.75) is 19.4 Å². The Morgan fingerprint density at radius 1 is 1.21 bits per heavy atom. The molecule has 0 radical (unpaired) electrons. The highest BCUT2D eigenvalue weighted by atomic mass is 35.5. The molecule has 33 heavy (non-hydrogen) atoms. The number of nitrogens with zero attached hydrogens (tertiary/aromatic N) is 4. The highest BCUT2D eigenvalue weighted by Gasteiger charge is 2.28. The number of likely N-dealkylation sites (tertiary alicyclic amines) is 1. The molecule has 5 rings (SSSR count). The first-order chi connectivity index (χ1) is 16.0. The molecule has 3 heterocycles. The fourth-order valence-corrected chi connectivity index (χ4v) is 4.42. The zero-order chi connectivity index (χ0) is 22.9. The van der Waals surface area contributed by atoms with Gasteiger partial charge in [-0.2, -0.15) is 5.10 Å². The molecule has 0 saturated carbocycles. The lowest BCUT2D eigenvalue weighted by Gasteiger charge is -2.15. The lowest BCUT2D eigenvalue weighted by Crippen LogP contribution is -2.27. The number of aryl methyl sites for hydroxylation is 1. The van der Waals surface area contributed by atoms with Gasteiger partial charge < -0.3 is 9.64 Å². The third-order valence-electron chi connectivity index (χ3n) is 6.02. The van der Waals surface area contributed by atoms with Gasteiger partial charge in [0, 0.05) is 36.4 Å². The van der Waals surface area contributed by atoms with Crippen LogP contribution in [-0.4, -0.2) is 38.7 Å². The molecule has 6 nitrogen and oxygen atoms in total. The van der Waals surface area contributed by atoms with Crippen LogP contribution in [0.15, 0.2) is 73.6 Å². The van der Waals surface area contributed by atoms with E-state index in [1.54, 1.807) is 6.20 Å². The standard InChI is InChI=1S/C26H23ClN4O2/c1-3-24(32)30-14-12-19(16-30)31-22-11-13-28-15-21(22)26(29-31)18-7-9-20(10-8-18)33-23-6-4-5-17(2)25(23)27/h3-11,13,15,19H,1,12,14,16H2,2H3/t19-/m1/s1. The highest BCUT2D eigenvalue weighted by molar-refractivity contribution is 6.32. The molecule has 0 unspecified atom stereocenters. The number of benzene rings is 2. The van der Waals surface area contributed by atoms with Crippen LogP contribution in [0.3, 0.4) is 0 Å². The molecule has 1 atom stereocenters. The van der Waals surface area contributed by atoms with E-state index in [4.69, 9.17) is 21.4 Å². The van der Waals surface area contributed by atoms with Crippen LogP contribution in [0, 0.1) is 6.92 Å². The van der Waals surface area contributed by atoms with Crippen molar-refractivity contribution in [2.75, 3.05) is 13.1 Å². The lowest BCUT2D eigenvalue weighted by atomic mass is 10.1. The van der Waals surface area contributed by atoms with Crippen LogP contribution in [-0.2, 0) is 4.79 Å². The summed E-state index contributed by atoms with van der Waals surface area (Å²) < 4.78 is 8.01. The smallest absolute Gasteiger partial charge is 0.246 e. The van der Waals surface area contributed by atoms with E-state index in [9.17, 15) is 4.79 Å². The van der Waals surface area contributed by atoms with Crippen LogP contribution in [0.25, 0.3) is 22.2 Å².